The van der Waals surface area contributed by atoms with Gasteiger partial charge in [-0.3, -0.25) is 0 Å². The Balaban J connectivity index is 2.61. The van der Waals surface area contributed by atoms with Crippen LogP contribution < -0.4 is 0 Å². The summed E-state index contributed by atoms with van der Waals surface area (Å²) in [5.41, 5.74) is 2.20. The SMILES string of the molecule is COC(=O)/C=C(\C)Cc1ccccc1. The molecule has 0 aromatic heterocycles. The van der Waals surface area contributed by atoms with E-state index in [0.29, 0.717) is 0 Å². The number of hydrogen-bond acceptors (Lipinski definition) is 2. The molecular weight excluding hydrogens is 176 g/mol. The van der Waals surface area contributed by atoms with E-state index in [9.17, 15) is 4.79 Å². The summed E-state index contributed by atoms with van der Waals surface area (Å²) in [7, 11) is 1.38. The van der Waals surface area contributed by atoms with E-state index in [-0.39, 0.29) is 5.97 Å². The van der Waals surface area contributed by atoms with Crippen molar-refractivity contribution in [2.75, 3.05) is 7.11 Å². The van der Waals surface area contributed by atoms with Crippen LogP contribution in [-0.2, 0) is 16.0 Å². The second kappa shape index (κ2) is 5.22. The Morgan fingerprint density at radius 3 is 2.57 bits per heavy atom. The van der Waals surface area contributed by atoms with Crippen LogP contribution in [-0.4, -0.2) is 13.1 Å². The molecule has 1 rings (SSSR count). The largest absolute Gasteiger partial charge is 0.466 e. The molecule has 14 heavy (non-hydrogen) atoms. The number of carbonyl (C=O) groups excluding carboxylic acids is 1. The standard InChI is InChI=1S/C12H14O2/c1-10(9-12(13)14-2)8-11-6-4-3-5-7-11/h3-7,9H,8H2,1-2H3/b10-9+. The summed E-state index contributed by atoms with van der Waals surface area (Å²) < 4.78 is 4.54. The third-order valence-corrected chi connectivity index (χ3v) is 1.89. The van der Waals surface area contributed by atoms with Crippen LogP contribution in [0.2, 0.25) is 0 Å². The van der Waals surface area contributed by atoms with Crippen LogP contribution in [0, 0.1) is 0 Å². The number of ether oxygens (including phenoxy) is 1. The molecule has 0 fully saturated rings. The molecule has 0 saturated carbocycles. The first kappa shape index (κ1) is 10.5. The summed E-state index contributed by atoms with van der Waals surface area (Å²) in [5.74, 6) is -0.293. The van der Waals surface area contributed by atoms with Crippen LogP contribution >= 0.6 is 0 Å². The van der Waals surface area contributed by atoms with Crippen molar-refractivity contribution in [2.24, 2.45) is 0 Å². The Hall–Kier alpha value is -1.57. The van der Waals surface area contributed by atoms with Gasteiger partial charge in [-0.15, -0.1) is 0 Å². The maximum atomic E-state index is 10.9. The smallest absolute Gasteiger partial charge is 0.330 e. The third kappa shape index (κ3) is 3.44. The van der Waals surface area contributed by atoms with Gasteiger partial charge in [-0.05, 0) is 18.9 Å². The fourth-order valence-corrected chi connectivity index (χ4v) is 1.23. The Bertz CT molecular complexity index is 325. The van der Waals surface area contributed by atoms with E-state index in [1.807, 2.05) is 37.3 Å². The van der Waals surface area contributed by atoms with Gasteiger partial charge in [0.15, 0.2) is 0 Å². The Kier molecular flexibility index (Phi) is 3.92. The molecule has 0 heterocycles. The van der Waals surface area contributed by atoms with Gasteiger partial charge in [0.25, 0.3) is 0 Å². The summed E-state index contributed by atoms with van der Waals surface area (Å²) in [4.78, 5) is 10.9. The van der Waals surface area contributed by atoms with Crippen LogP contribution in [0.1, 0.15) is 12.5 Å². The molecule has 1 aromatic rings. The second-order valence-corrected chi connectivity index (χ2v) is 3.18. The van der Waals surface area contributed by atoms with Crippen molar-refractivity contribution in [2.45, 2.75) is 13.3 Å². The van der Waals surface area contributed by atoms with Crippen molar-refractivity contribution in [3.05, 3.63) is 47.5 Å². The Morgan fingerprint density at radius 1 is 1.36 bits per heavy atom. The second-order valence-electron chi connectivity index (χ2n) is 3.18. The van der Waals surface area contributed by atoms with E-state index in [4.69, 9.17) is 0 Å². The molecule has 0 unspecified atom stereocenters. The number of hydrogen-bond donors (Lipinski definition) is 0. The lowest BCUT2D eigenvalue weighted by molar-refractivity contribution is -0.134. The first-order valence-electron chi connectivity index (χ1n) is 4.51. The molecule has 2 nitrogen and oxygen atoms in total. The molecule has 0 aliphatic carbocycles. The van der Waals surface area contributed by atoms with Gasteiger partial charge in [0.05, 0.1) is 7.11 Å². The van der Waals surface area contributed by atoms with Crippen molar-refractivity contribution < 1.29 is 9.53 Å². The van der Waals surface area contributed by atoms with Crippen LogP contribution in [0.5, 0.6) is 0 Å². The number of rotatable bonds is 3. The average molecular weight is 190 g/mol. The highest BCUT2D eigenvalue weighted by molar-refractivity contribution is 5.82. The molecule has 0 radical (unpaired) electrons. The Labute approximate surface area is 84.2 Å². The van der Waals surface area contributed by atoms with Gasteiger partial charge < -0.3 is 4.74 Å². The lowest BCUT2D eigenvalue weighted by Gasteiger charge is -2.00. The minimum atomic E-state index is -0.293. The number of methoxy groups -OCH3 is 1. The lowest BCUT2D eigenvalue weighted by Crippen LogP contribution is -1.97. The summed E-state index contributed by atoms with van der Waals surface area (Å²) >= 11 is 0. The summed E-state index contributed by atoms with van der Waals surface area (Å²) in [6.45, 7) is 1.92. The predicted octanol–water partition coefficient (Wildman–Crippen LogP) is 2.35. The van der Waals surface area contributed by atoms with E-state index in [0.717, 1.165) is 12.0 Å². The summed E-state index contributed by atoms with van der Waals surface area (Å²) in [6, 6.07) is 10.0. The van der Waals surface area contributed by atoms with Crippen LogP contribution in [0.15, 0.2) is 42.0 Å². The molecule has 0 amide bonds. The molecule has 0 atom stereocenters. The quantitative estimate of drug-likeness (QED) is 0.540. The fraction of sp³-hybridized carbons (Fsp3) is 0.250. The monoisotopic (exact) mass is 190 g/mol. The average Bonchev–Trinajstić information content (AvgIpc) is 2.19. The molecular formula is C12H14O2. The van der Waals surface area contributed by atoms with Crippen LogP contribution in [0.3, 0.4) is 0 Å². The molecule has 1 aromatic carbocycles. The minimum absolute atomic E-state index is 0.293. The number of benzene rings is 1. The van der Waals surface area contributed by atoms with Gasteiger partial charge in [-0.25, -0.2) is 4.79 Å². The fourth-order valence-electron chi connectivity index (χ4n) is 1.23. The summed E-state index contributed by atoms with van der Waals surface area (Å²) in [6.07, 6.45) is 2.31. The highest BCUT2D eigenvalue weighted by atomic mass is 16.5. The Morgan fingerprint density at radius 2 is 2.00 bits per heavy atom. The van der Waals surface area contributed by atoms with Crippen molar-refractivity contribution in [1.82, 2.24) is 0 Å². The normalized spacial score (nSPS) is 11.1. The van der Waals surface area contributed by atoms with Crippen molar-refractivity contribution in [3.8, 4) is 0 Å². The van der Waals surface area contributed by atoms with Crippen LogP contribution in [0.25, 0.3) is 0 Å². The molecule has 0 spiro atoms. The van der Waals surface area contributed by atoms with Gasteiger partial charge >= 0.3 is 5.97 Å². The number of carbonyl (C=O) groups is 1. The number of esters is 1. The van der Waals surface area contributed by atoms with E-state index >= 15 is 0 Å². The zero-order chi connectivity index (χ0) is 10.4. The van der Waals surface area contributed by atoms with Gasteiger partial charge in [0.2, 0.25) is 0 Å². The minimum Gasteiger partial charge on any atom is -0.466 e. The first-order valence-corrected chi connectivity index (χ1v) is 4.51. The van der Waals surface area contributed by atoms with E-state index < -0.39 is 0 Å². The molecule has 0 aliphatic heterocycles. The highest BCUT2D eigenvalue weighted by Crippen LogP contribution is 2.06. The van der Waals surface area contributed by atoms with Gasteiger partial charge in [0, 0.05) is 6.08 Å². The first-order chi connectivity index (χ1) is 6.72. The molecule has 0 bridgehead atoms. The zero-order valence-electron chi connectivity index (χ0n) is 8.49. The molecule has 0 saturated heterocycles. The summed E-state index contributed by atoms with van der Waals surface area (Å²) in [5, 5.41) is 0. The van der Waals surface area contributed by atoms with Crippen LogP contribution in [0.4, 0.5) is 0 Å². The van der Waals surface area contributed by atoms with Crippen molar-refractivity contribution >= 4 is 5.97 Å². The highest BCUT2D eigenvalue weighted by Gasteiger charge is 1.97. The van der Waals surface area contributed by atoms with Gasteiger partial charge in [-0.2, -0.15) is 0 Å². The predicted molar refractivity (Wildman–Crippen MR) is 55.9 cm³/mol. The van der Waals surface area contributed by atoms with E-state index in [1.165, 1.54) is 18.7 Å². The molecule has 0 N–H and O–H groups in total. The van der Waals surface area contributed by atoms with E-state index in [2.05, 4.69) is 4.74 Å². The molecule has 0 aliphatic rings. The third-order valence-electron chi connectivity index (χ3n) is 1.89. The van der Waals surface area contributed by atoms with Crippen molar-refractivity contribution in [1.29, 1.82) is 0 Å². The van der Waals surface area contributed by atoms with E-state index in [1.54, 1.807) is 0 Å². The maximum absolute atomic E-state index is 10.9. The van der Waals surface area contributed by atoms with Gasteiger partial charge in [-0.1, -0.05) is 35.9 Å². The molecule has 74 valence electrons. The molecule has 2 heteroatoms. The lowest BCUT2D eigenvalue weighted by atomic mass is 10.1. The van der Waals surface area contributed by atoms with Gasteiger partial charge in [0.1, 0.15) is 0 Å². The van der Waals surface area contributed by atoms with Crippen molar-refractivity contribution in [3.63, 3.8) is 0 Å². The topological polar surface area (TPSA) is 26.3 Å². The maximum Gasteiger partial charge on any atom is 0.330 e. The number of allylic oxidation sites excluding steroid dienone is 1. The zero-order valence-corrected chi connectivity index (χ0v) is 8.49.